The Morgan fingerprint density at radius 3 is 2.19 bits per heavy atom. The van der Waals surface area contributed by atoms with E-state index in [9.17, 15) is 4.79 Å². The van der Waals surface area contributed by atoms with E-state index in [0.717, 1.165) is 25.7 Å². The number of carbonyl (C=O) groups excluding carboxylic acids is 1. The van der Waals surface area contributed by atoms with Crippen molar-refractivity contribution < 1.29 is 9.53 Å². The van der Waals surface area contributed by atoms with Crippen molar-refractivity contribution in [2.75, 3.05) is 0 Å². The van der Waals surface area contributed by atoms with Gasteiger partial charge in [-0.2, -0.15) is 0 Å². The van der Waals surface area contributed by atoms with Gasteiger partial charge < -0.3 is 4.74 Å². The smallest absolute Gasteiger partial charge is 0.338 e. The molecule has 0 fully saturated rings. The van der Waals surface area contributed by atoms with Crippen LogP contribution in [0.15, 0.2) is 60.7 Å². The Labute approximate surface area is 126 Å². The fourth-order valence-electron chi connectivity index (χ4n) is 2.35. The van der Waals surface area contributed by atoms with E-state index in [1.807, 2.05) is 36.4 Å². The summed E-state index contributed by atoms with van der Waals surface area (Å²) in [6.07, 6.45) is 3.72. The molecule has 0 spiro atoms. The summed E-state index contributed by atoms with van der Waals surface area (Å²) in [5.74, 6) is -0.220. The molecular formula is C19H22O2. The summed E-state index contributed by atoms with van der Waals surface area (Å²) in [5.41, 5.74) is 1.91. The van der Waals surface area contributed by atoms with Gasteiger partial charge in [0.15, 0.2) is 0 Å². The lowest BCUT2D eigenvalue weighted by Gasteiger charge is -2.17. The summed E-state index contributed by atoms with van der Waals surface area (Å²) < 4.78 is 5.66. The fourth-order valence-corrected chi connectivity index (χ4v) is 2.35. The van der Waals surface area contributed by atoms with Crippen LogP contribution in [0.5, 0.6) is 0 Å². The van der Waals surface area contributed by atoms with Crippen LogP contribution < -0.4 is 0 Å². The first-order valence-corrected chi connectivity index (χ1v) is 7.59. The number of aryl methyl sites for hydroxylation is 1. The van der Waals surface area contributed by atoms with Crippen LogP contribution in [0.1, 0.15) is 42.1 Å². The minimum absolute atomic E-state index is 0.0112. The van der Waals surface area contributed by atoms with E-state index in [1.54, 1.807) is 12.1 Å². The van der Waals surface area contributed by atoms with E-state index in [4.69, 9.17) is 4.74 Å². The highest BCUT2D eigenvalue weighted by molar-refractivity contribution is 5.89. The molecule has 2 rings (SSSR count). The van der Waals surface area contributed by atoms with Gasteiger partial charge in [-0.3, -0.25) is 0 Å². The molecule has 0 aliphatic heterocycles. The van der Waals surface area contributed by atoms with Crippen LogP contribution in [-0.2, 0) is 11.2 Å². The molecule has 0 heterocycles. The lowest BCUT2D eigenvalue weighted by Crippen LogP contribution is -2.19. The Morgan fingerprint density at radius 2 is 1.57 bits per heavy atom. The molecule has 2 nitrogen and oxygen atoms in total. The van der Waals surface area contributed by atoms with Crippen LogP contribution >= 0.6 is 0 Å². The minimum atomic E-state index is -0.220. The van der Waals surface area contributed by atoms with Crippen molar-refractivity contribution in [1.29, 1.82) is 0 Å². The third-order valence-corrected chi connectivity index (χ3v) is 3.49. The minimum Gasteiger partial charge on any atom is -0.459 e. The largest absolute Gasteiger partial charge is 0.459 e. The highest BCUT2D eigenvalue weighted by Crippen LogP contribution is 2.14. The van der Waals surface area contributed by atoms with E-state index in [0.29, 0.717) is 5.56 Å². The molecular weight excluding hydrogens is 260 g/mol. The molecule has 1 unspecified atom stereocenters. The quantitative estimate of drug-likeness (QED) is 0.691. The summed E-state index contributed by atoms with van der Waals surface area (Å²) in [7, 11) is 0. The molecule has 1 atom stereocenters. The third-order valence-electron chi connectivity index (χ3n) is 3.49. The molecule has 2 aromatic rings. The van der Waals surface area contributed by atoms with Crippen LogP contribution in [0.3, 0.4) is 0 Å². The molecule has 0 aliphatic carbocycles. The molecule has 0 saturated carbocycles. The van der Waals surface area contributed by atoms with Gasteiger partial charge >= 0.3 is 5.97 Å². The van der Waals surface area contributed by atoms with Crippen molar-refractivity contribution in [3.63, 3.8) is 0 Å². The van der Waals surface area contributed by atoms with Crippen LogP contribution in [0.4, 0.5) is 0 Å². The number of benzene rings is 2. The number of ether oxygens (including phenoxy) is 1. The third kappa shape index (κ3) is 5.07. The SMILES string of the molecule is CCCC(CCc1ccccc1)OC(=O)c1ccccc1. The highest BCUT2D eigenvalue weighted by atomic mass is 16.5. The number of rotatable bonds is 7. The number of carbonyl (C=O) groups is 1. The second-order valence-corrected chi connectivity index (χ2v) is 5.21. The van der Waals surface area contributed by atoms with E-state index in [1.165, 1.54) is 5.56 Å². The maximum Gasteiger partial charge on any atom is 0.338 e. The molecule has 110 valence electrons. The zero-order chi connectivity index (χ0) is 14.9. The van der Waals surface area contributed by atoms with Crippen molar-refractivity contribution >= 4 is 5.97 Å². The van der Waals surface area contributed by atoms with Gasteiger partial charge in [-0.1, -0.05) is 61.9 Å². The first-order valence-electron chi connectivity index (χ1n) is 7.59. The predicted octanol–water partition coefficient (Wildman–Crippen LogP) is 4.64. The van der Waals surface area contributed by atoms with E-state index in [-0.39, 0.29) is 12.1 Å². The summed E-state index contributed by atoms with van der Waals surface area (Å²) in [6, 6.07) is 19.5. The maximum absolute atomic E-state index is 12.1. The number of hydrogen-bond donors (Lipinski definition) is 0. The predicted molar refractivity (Wildman–Crippen MR) is 85.3 cm³/mol. The van der Waals surface area contributed by atoms with Crippen molar-refractivity contribution in [2.24, 2.45) is 0 Å². The van der Waals surface area contributed by atoms with Crippen molar-refractivity contribution in [3.8, 4) is 0 Å². The molecule has 21 heavy (non-hydrogen) atoms. The zero-order valence-electron chi connectivity index (χ0n) is 12.5. The summed E-state index contributed by atoms with van der Waals surface area (Å²) in [5, 5.41) is 0. The van der Waals surface area contributed by atoms with Crippen LogP contribution in [0, 0.1) is 0 Å². The first-order chi connectivity index (χ1) is 10.3. The van der Waals surface area contributed by atoms with E-state index < -0.39 is 0 Å². The van der Waals surface area contributed by atoms with E-state index >= 15 is 0 Å². The van der Waals surface area contributed by atoms with Gasteiger partial charge in [0.25, 0.3) is 0 Å². The monoisotopic (exact) mass is 282 g/mol. The molecule has 2 aromatic carbocycles. The summed E-state index contributed by atoms with van der Waals surface area (Å²) in [6.45, 7) is 2.12. The summed E-state index contributed by atoms with van der Waals surface area (Å²) >= 11 is 0. The van der Waals surface area contributed by atoms with Crippen LogP contribution in [0.2, 0.25) is 0 Å². The molecule has 0 N–H and O–H groups in total. The second kappa shape index (κ2) is 8.25. The second-order valence-electron chi connectivity index (χ2n) is 5.21. The van der Waals surface area contributed by atoms with Gasteiger partial charge in [0.1, 0.15) is 6.10 Å². The van der Waals surface area contributed by atoms with Crippen molar-refractivity contribution in [1.82, 2.24) is 0 Å². The van der Waals surface area contributed by atoms with Crippen LogP contribution in [-0.4, -0.2) is 12.1 Å². The lowest BCUT2D eigenvalue weighted by atomic mass is 10.0. The Balaban J connectivity index is 1.91. The van der Waals surface area contributed by atoms with Gasteiger partial charge in [-0.25, -0.2) is 4.79 Å². The zero-order valence-corrected chi connectivity index (χ0v) is 12.5. The van der Waals surface area contributed by atoms with Gasteiger partial charge in [0.2, 0.25) is 0 Å². The van der Waals surface area contributed by atoms with Gasteiger partial charge in [0.05, 0.1) is 5.56 Å². The molecule has 0 aromatic heterocycles. The van der Waals surface area contributed by atoms with Gasteiger partial charge in [0, 0.05) is 0 Å². The Kier molecular flexibility index (Phi) is 6.01. The van der Waals surface area contributed by atoms with Gasteiger partial charge in [-0.05, 0) is 37.0 Å². The summed E-state index contributed by atoms with van der Waals surface area (Å²) in [4.78, 5) is 12.1. The molecule has 0 amide bonds. The number of esters is 1. The standard InChI is InChI=1S/C19H22O2/c1-2-9-18(15-14-16-10-5-3-6-11-16)21-19(20)17-12-7-4-8-13-17/h3-8,10-13,18H,2,9,14-15H2,1H3. The fraction of sp³-hybridized carbons (Fsp3) is 0.316. The molecule has 0 radical (unpaired) electrons. The average molecular weight is 282 g/mol. The Morgan fingerprint density at radius 1 is 0.952 bits per heavy atom. The van der Waals surface area contributed by atoms with Crippen molar-refractivity contribution in [3.05, 3.63) is 71.8 Å². The number of hydrogen-bond acceptors (Lipinski definition) is 2. The first kappa shape index (κ1) is 15.3. The maximum atomic E-state index is 12.1. The van der Waals surface area contributed by atoms with Crippen molar-refractivity contribution in [2.45, 2.75) is 38.7 Å². The van der Waals surface area contributed by atoms with E-state index in [2.05, 4.69) is 19.1 Å². The van der Waals surface area contributed by atoms with Gasteiger partial charge in [-0.15, -0.1) is 0 Å². The molecule has 0 bridgehead atoms. The highest BCUT2D eigenvalue weighted by Gasteiger charge is 2.15. The topological polar surface area (TPSA) is 26.3 Å². The normalized spacial score (nSPS) is 11.9. The van der Waals surface area contributed by atoms with Crippen LogP contribution in [0.25, 0.3) is 0 Å². The molecule has 2 heteroatoms. The Hall–Kier alpha value is -2.09. The lowest BCUT2D eigenvalue weighted by molar-refractivity contribution is 0.0260. The molecule has 0 aliphatic rings. The Bertz CT molecular complexity index is 534. The average Bonchev–Trinajstić information content (AvgIpc) is 2.54. The molecule has 0 saturated heterocycles.